The van der Waals surface area contributed by atoms with Gasteiger partial charge < -0.3 is 9.30 Å². The fourth-order valence-corrected chi connectivity index (χ4v) is 5.79. The predicted molar refractivity (Wildman–Crippen MR) is 126 cm³/mol. The van der Waals surface area contributed by atoms with E-state index in [0.29, 0.717) is 4.80 Å². The Bertz CT molecular complexity index is 1340. The number of benzene rings is 2. The fraction of sp³-hybridized carbons (Fsp3) is 0.286. The largest absolute Gasteiger partial charge is 0.468 e. The second kappa shape index (κ2) is 9.65. The number of carbonyl (C=O) groups excluding carboxylic acids is 2. The van der Waals surface area contributed by atoms with Crippen molar-refractivity contribution in [2.45, 2.75) is 31.3 Å². The van der Waals surface area contributed by atoms with Crippen LogP contribution in [0.3, 0.4) is 0 Å². The summed E-state index contributed by atoms with van der Waals surface area (Å²) in [5.41, 5.74) is 0.979. The van der Waals surface area contributed by atoms with E-state index >= 15 is 0 Å². The number of sulfonamides is 1. The molecular formula is C21H22BrN3O5S2. The van der Waals surface area contributed by atoms with Gasteiger partial charge in [0.05, 0.1) is 22.2 Å². The second-order valence-corrected chi connectivity index (χ2v) is 11.1. The number of esters is 1. The molecule has 0 radical (unpaired) electrons. The second-order valence-electron chi connectivity index (χ2n) is 7.22. The van der Waals surface area contributed by atoms with Crippen LogP contribution in [0.5, 0.6) is 0 Å². The molecule has 0 saturated carbocycles. The van der Waals surface area contributed by atoms with Gasteiger partial charge in [-0.2, -0.15) is 9.30 Å². The molecule has 0 saturated heterocycles. The number of rotatable bonds is 6. The summed E-state index contributed by atoms with van der Waals surface area (Å²) in [4.78, 5) is 29.3. The molecule has 0 N–H and O–H groups in total. The third-order valence-corrected chi connectivity index (χ3v) is 8.44. The van der Waals surface area contributed by atoms with Gasteiger partial charge in [0.2, 0.25) is 10.0 Å². The zero-order valence-corrected chi connectivity index (χ0v) is 21.1. The average molecular weight is 540 g/mol. The highest BCUT2D eigenvalue weighted by Gasteiger charge is 2.23. The van der Waals surface area contributed by atoms with Crippen molar-refractivity contribution >= 4 is 59.4 Å². The van der Waals surface area contributed by atoms with Crippen LogP contribution in [0.4, 0.5) is 0 Å². The highest BCUT2D eigenvalue weighted by atomic mass is 79.9. The molecule has 0 bridgehead atoms. The first-order valence-corrected chi connectivity index (χ1v) is 12.6. The van der Waals surface area contributed by atoms with Crippen LogP contribution in [0.15, 0.2) is 56.8 Å². The maximum Gasteiger partial charge on any atom is 0.325 e. The van der Waals surface area contributed by atoms with E-state index in [4.69, 9.17) is 4.74 Å². The SMILES string of the molecule is COC(=O)Cn1c(=NC(=O)c2ccc(S(=O)(=O)N(C)C(C)C)cc2)sc2cc(Br)ccc21. The molecule has 0 aliphatic carbocycles. The number of hydrogen-bond donors (Lipinski definition) is 0. The molecule has 170 valence electrons. The number of thiazole rings is 1. The first-order valence-electron chi connectivity index (χ1n) is 9.57. The van der Waals surface area contributed by atoms with Crippen LogP contribution in [0.2, 0.25) is 0 Å². The van der Waals surface area contributed by atoms with Crippen LogP contribution in [-0.4, -0.2) is 49.4 Å². The average Bonchev–Trinajstić information content (AvgIpc) is 3.08. The van der Waals surface area contributed by atoms with E-state index in [2.05, 4.69) is 20.9 Å². The Morgan fingerprint density at radius 3 is 2.44 bits per heavy atom. The summed E-state index contributed by atoms with van der Waals surface area (Å²) in [6.07, 6.45) is 0. The minimum absolute atomic E-state index is 0.0943. The van der Waals surface area contributed by atoms with Crippen LogP contribution < -0.4 is 4.80 Å². The number of hydrogen-bond acceptors (Lipinski definition) is 6. The molecule has 3 rings (SSSR count). The number of aromatic nitrogens is 1. The summed E-state index contributed by atoms with van der Waals surface area (Å²) in [6, 6.07) is 11.0. The molecule has 0 aliphatic rings. The van der Waals surface area contributed by atoms with E-state index in [1.807, 2.05) is 18.2 Å². The Hall–Kier alpha value is -2.34. The van der Waals surface area contributed by atoms with Crippen LogP contribution in [0.25, 0.3) is 10.2 Å². The maximum absolute atomic E-state index is 12.8. The monoisotopic (exact) mass is 539 g/mol. The number of nitrogens with zero attached hydrogens (tertiary/aromatic N) is 3. The molecule has 0 unspecified atom stereocenters. The maximum atomic E-state index is 12.8. The number of methoxy groups -OCH3 is 1. The lowest BCUT2D eigenvalue weighted by molar-refractivity contribution is -0.141. The molecule has 0 spiro atoms. The minimum atomic E-state index is -3.65. The number of halogens is 1. The van der Waals surface area contributed by atoms with Crippen LogP contribution in [0, 0.1) is 0 Å². The molecule has 0 aliphatic heterocycles. The molecule has 1 amide bonds. The van der Waals surface area contributed by atoms with E-state index < -0.39 is 21.9 Å². The van der Waals surface area contributed by atoms with Crippen molar-refractivity contribution < 1.29 is 22.7 Å². The molecule has 0 fully saturated rings. The summed E-state index contributed by atoms with van der Waals surface area (Å²) in [5, 5.41) is 0. The van der Waals surface area contributed by atoms with E-state index in [-0.39, 0.29) is 23.0 Å². The van der Waals surface area contributed by atoms with Gasteiger partial charge in [0.25, 0.3) is 5.91 Å². The summed E-state index contributed by atoms with van der Waals surface area (Å²) in [7, 11) is -0.848. The first-order chi connectivity index (χ1) is 15.0. The quantitative estimate of drug-likeness (QED) is 0.447. The van der Waals surface area contributed by atoms with Crippen molar-refractivity contribution in [3.05, 3.63) is 57.3 Å². The lowest BCUT2D eigenvalue weighted by Gasteiger charge is -2.20. The van der Waals surface area contributed by atoms with Crippen molar-refractivity contribution in [1.29, 1.82) is 0 Å². The van der Waals surface area contributed by atoms with Crippen molar-refractivity contribution in [2.75, 3.05) is 14.2 Å². The van der Waals surface area contributed by atoms with Gasteiger partial charge in [-0.15, -0.1) is 0 Å². The molecule has 3 aromatic rings. The number of fused-ring (bicyclic) bond motifs is 1. The molecule has 11 heteroatoms. The van der Waals surface area contributed by atoms with Crippen molar-refractivity contribution in [1.82, 2.24) is 8.87 Å². The van der Waals surface area contributed by atoms with Gasteiger partial charge in [0.1, 0.15) is 6.54 Å². The molecule has 0 atom stereocenters. The lowest BCUT2D eigenvalue weighted by Crippen LogP contribution is -2.33. The Kier molecular flexibility index (Phi) is 7.33. The zero-order valence-electron chi connectivity index (χ0n) is 17.9. The summed E-state index contributed by atoms with van der Waals surface area (Å²) < 4.78 is 34.6. The van der Waals surface area contributed by atoms with E-state index in [9.17, 15) is 18.0 Å². The van der Waals surface area contributed by atoms with E-state index in [1.165, 1.54) is 54.1 Å². The van der Waals surface area contributed by atoms with Crippen molar-refractivity contribution in [3.63, 3.8) is 0 Å². The van der Waals surface area contributed by atoms with Gasteiger partial charge in [-0.05, 0) is 56.3 Å². The van der Waals surface area contributed by atoms with Gasteiger partial charge >= 0.3 is 5.97 Å². The van der Waals surface area contributed by atoms with E-state index in [0.717, 1.165) is 14.7 Å². The molecule has 2 aromatic carbocycles. The highest BCUT2D eigenvalue weighted by Crippen LogP contribution is 2.23. The molecule has 32 heavy (non-hydrogen) atoms. The van der Waals surface area contributed by atoms with Gasteiger partial charge in [0.15, 0.2) is 4.80 Å². The number of carbonyl (C=O) groups is 2. The number of amides is 1. The third kappa shape index (κ3) is 5.01. The van der Waals surface area contributed by atoms with Gasteiger partial charge in [-0.3, -0.25) is 9.59 Å². The lowest BCUT2D eigenvalue weighted by atomic mass is 10.2. The Labute approximate surface area is 198 Å². The van der Waals surface area contributed by atoms with Gasteiger partial charge in [-0.25, -0.2) is 8.42 Å². The standard InChI is InChI=1S/C21H22BrN3O5S2/c1-13(2)24(3)32(28,29)16-8-5-14(6-9-16)20(27)23-21-25(12-19(26)30-4)17-10-7-15(22)11-18(17)31-21/h5-11,13H,12H2,1-4H3. The molecule has 8 nitrogen and oxygen atoms in total. The highest BCUT2D eigenvalue weighted by molar-refractivity contribution is 9.10. The van der Waals surface area contributed by atoms with E-state index in [1.54, 1.807) is 18.4 Å². The summed E-state index contributed by atoms with van der Waals surface area (Å²) in [5.74, 6) is -1.01. The molecule has 1 aromatic heterocycles. The molecular weight excluding hydrogens is 518 g/mol. The van der Waals surface area contributed by atoms with Crippen LogP contribution in [-0.2, 0) is 26.1 Å². The van der Waals surface area contributed by atoms with Gasteiger partial charge in [0, 0.05) is 23.1 Å². The summed E-state index contributed by atoms with van der Waals surface area (Å²) in [6.45, 7) is 3.46. The Morgan fingerprint density at radius 1 is 1.19 bits per heavy atom. The third-order valence-electron chi connectivity index (χ3n) is 4.86. The van der Waals surface area contributed by atoms with Crippen LogP contribution >= 0.6 is 27.3 Å². The smallest absolute Gasteiger partial charge is 0.325 e. The Morgan fingerprint density at radius 2 is 1.84 bits per heavy atom. The topological polar surface area (TPSA) is 98.0 Å². The fourth-order valence-electron chi connectivity index (χ4n) is 2.84. The zero-order chi connectivity index (χ0) is 23.6. The van der Waals surface area contributed by atoms with Crippen molar-refractivity contribution in [3.8, 4) is 0 Å². The first kappa shape index (κ1) is 24.3. The van der Waals surface area contributed by atoms with Crippen LogP contribution in [0.1, 0.15) is 24.2 Å². The minimum Gasteiger partial charge on any atom is -0.468 e. The predicted octanol–water partition coefficient (Wildman–Crippen LogP) is 3.41. The van der Waals surface area contributed by atoms with Crippen molar-refractivity contribution in [2.24, 2.45) is 4.99 Å². The molecule has 1 heterocycles. The van der Waals surface area contributed by atoms with Gasteiger partial charge in [-0.1, -0.05) is 27.3 Å². The number of ether oxygens (including phenoxy) is 1. The Balaban J connectivity index is 2.01. The summed E-state index contributed by atoms with van der Waals surface area (Å²) >= 11 is 4.68. The normalized spacial score (nSPS) is 12.7.